The summed E-state index contributed by atoms with van der Waals surface area (Å²) >= 11 is 9.78. The Bertz CT molecular complexity index is 1410. The molecule has 7 heteroatoms. The molecule has 0 saturated carbocycles. The maximum Gasteiger partial charge on any atom is 0.247 e. The second-order valence-corrected chi connectivity index (χ2v) is 9.87. The standard InChI is InChI=1S/C25H17ClN4S2/c26-17-10-11-19-18(14-17)24(16-6-2-1-3-7-16)28-25(27-19)30-21(23-9-5-13-32-23)15-20(29-30)22-8-4-12-31-22/h1-14,21H,15H2/t21-/m1/s1. The van der Waals surface area contributed by atoms with Crippen molar-refractivity contribution in [3.63, 3.8) is 0 Å². The van der Waals surface area contributed by atoms with Crippen molar-refractivity contribution in [2.24, 2.45) is 5.10 Å². The lowest BCUT2D eigenvalue weighted by Gasteiger charge is -2.21. The third-order valence-electron chi connectivity index (χ3n) is 5.49. The van der Waals surface area contributed by atoms with E-state index in [2.05, 4.69) is 47.2 Å². The first kappa shape index (κ1) is 19.6. The van der Waals surface area contributed by atoms with Gasteiger partial charge < -0.3 is 0 Å². The van der Waals surface area contributed by atoms with E-state index in [1.807, 2.05) is 41.4 Å². The molecule has 32 heavy (non-hydrogen) atoms. The molecule has 4 nitrogen and oxygen atoms in total. The zero-order valence-electron chi connectivity index (χ0n) is 16.9. The Labute approximate surface area is 198 Å². The molecule has 3 aromatic heterocycles. The van der Waals surface area contributed by atoms with Crippen molar-refractivity contribution >= 4 is 56.8 Å². The number of benzene rings is 2. The number of anilines is 1. The van der Waals surface area contributed by atoms with E-state index in [0.717, 1.165) is 34.3 Å². The Morgan fingerprint density at radius 3 is 2.50 bits per heavy atom. The first-order chi connectivity index (χ1) is 15.8. The summed E-state index contributed by atoms with van der Waals surface area (Å²) in [6.45, 7) is 0. The first-order valence-electron chi connectivity index (χ1n) is 10.2. The first-order valence-corrected chi connectivity index (χ1v) is 12.4. The van der Waals surface area contributed by atoms with E-state index in [-0.39, 0.29) is 6.04 Å². The minimum atomic E-state index is 0.0699. The number of aromatic nitrogens is 2. The Morgan fingerprint density at radius 1 is 0.875 bits per heavy atom. The number of hydrogen-bond acceptors (Lipinski definition) is 6. The van der Waals surface area contributed by atoms with Crippen molar-refractivity contribution in [3.8, 4) is 11.3 Å². The van der Waals surface area contributed by atoms with Crippen LogP contribution in [0.15, 0.2) is 88.7 Å². The molecule has 1 atom stereocenters. The Balaban J connectivity index is 1.55. The predicted octanol–water partition coefficient (Wildman–Crippen LogP) is 7.43. The zero-order chi connectivity index (χ0) is 21.5. The molecular formula is C25H17ClN4S2. The molecule has 1 aliphatic rings. The second-order valence-electron chi connectivity index (χ2n) is 7.50. The fourth-order valence-corrected chi connectivity index (χ4v) is 5.70. The summed E-state index contributed by atoms with van der Waals surface area (Å²) in [5, 5.41) is 12.8. The van der Waals surface area contributed by atoms with E-state index in [1.54, 1.807) is 22.7 Å². The van der Waals surface area contributed by atoms with Gasteiger partial charge >= 0.3 is 0 Å². The number of fused-ring (bicyclic) bond motifs is 1. The maximum atomic E-state index is 6.33. The SMILES string of the molecule is Clc1ccc2nc(N3N=C(c4cccs4)C[C@@H]3c3cccs3)nc(-c3ccccc3)c2c1. The van der Waals surface area contributed by atoms with E-state index in [1.165, 1.54) is 9.75 Å². The maximum absolute atomic E-state index is 6.33. The fraction of sp³-hybridized carbons (Fsp3) is 0.0800. The van der Waals surface area contributed by atoms with Crippen LogP contribution < -0.4 is 5.01 Å². The zero-order valence-corrected chi connectivity index (χ0v) is 19.2. The summed E-state index contributed by atoms with van der Waals surface area (Å²) in [7, 11) is 0. The molecule has 0 spiro atoms. The lowest BCUT2D eigenvalue weighted by molar-refractivity contribution is 0.700. The number of hydrazone groups is 1. The average molecular weight is 473 g/mol. The van der Waals surface area contributed by atoms with Crippen LogP contribution in [0.1, 0.15) is 22.2 Å². The summed E-state index contributed by atoms with van der Waals surface area (Å²) in [5.74, 6) is 0.601. The highest BCUT2D eigenvalue weighted by Gasteiger charge is 2.33. The van der Waals surface area contributed by atoms with E-state index in [0.29, 0.717) is 11.0 Å². The predicted molar refractivity (Wildman–Crippen MR) is 135 cm³/mol. The summed E-state index contributed by atoms with van der Waals surface area (Å²) < 4.78 is 0. The molecule has 6 rings (SSSR count). The summed E-state index contributed by atoms with van der Waals surface area (Å²) in [5.41, 5.74) is 3.80. The van der Waals surface area contributed by atoms with Crippen LogP contribution in [0.25, 0.3) is 22.2 Å². The molecule has 0 unspecified atom stereocenters. The molecule has 0 radical (unpaired) electrons. The van der Waals surface area contributed by atoms with Crippen LogP contribution in [0.2, 0.25) is 5.02 Å². The van der Waals surface area contributed by atoms with Gasteiger partial charge in [0, 0.05) is 27.3 Å². The summed E-state index contributed by atoms with van der Waals surface area (Å²) in [4.78, 5) is 12.4. The van der Waals surface area contributed by atoms with E-state index < -0.39 is 0 Å². The lowest BCUT2D eigenvalue weighted by atomic mass is 10.1. The van der Waals surface area contributed by atoms with Gasteiger partial charge in [-0.1, -0.05) is 54.1 Å². The van der Waals surface area contributed by atoms with Gasteiger partial charge in [0.15, 0.2) is 0 Å². The topological polar surface area (TPSA) is 41.4 Å². The highest BCUT2D eigenvalue weighted by atomic mass is 35.5. The minimum absolute atomic E-state index is 0.0699. The Kier molecular flexibility index (Phi) is 4.98. The van der Waals surface area contributed by atoms with Gasteiger partial charge in [0.2, 0.25) is 5.95 Å². The summed E-state index contributed by atoms with van der Waals surface area (Å²) in [6, 6.07) is 24.4. The Morgan fingerprint density at radius 2 is 1.72 bits per heavy atom. The van der Waals surface area contributed by atoms with E-state index in [4.69, 9.17) is 26.7 Å². The van der Waals surface area contributed by atoms with Gasteiger partial charge in [0.05, 0.1) is 27.8 Å². The molecule has 5 aromatic rings. The van der Waals surface area contributed by atoms with Gasteiger partial charge in [0.25, 0.3) is 0 Å². The second kappa shape index (κ2) is 8.13. The molecule has 0 fully saturated rings. The molecule has 2 aromatic carbocycles. The van der Waals surface area contributed by atoms with Gasteiger partial charge in [-0.3, -0.25) is 0 Å². The number of halogens is 1. The molecule has 1 aliphatic heterocycles. The monoisotopic (exact) mass is 472 g/mol. The van der Waals surface area contributed by atoms with Crippen LogP contribution in [0, 0.1) is 0 Å². The molecule has 0 bridgehead atoms. The van der Waals surface area contributed by atoms with Gasteiger partial charge in [-0.15, -0.1) is 22.7 Å². The normalized spacial score (nSPS) is 16.0. The van der Waals surface area contributed by atoms with Crippen molar-refractivity contribution in [3.05, 3.63) is 98.3 Å². The van der Waals surface area contributed by atoms with Gasteiger partial charge in [-0.25, -0.2) is 15.0 Å². The molecular weight excluding hydrogens is 456 g/mol. The highest BCUT2D eigenvalue weighted by Crippen LogP contribution is 2.39. The average Bonchev–Trinajstić information content (AvgIpc) is 3.60. The number of thiophene rings is 2. The fourth-order valence-electron chi connectivity index (χ4n) is 4.00. The molecule has 0 saturated heterocycles. The van der Waals surface area contributed by atoms with Gasteiger partial charge in [-0.2, -0.15) is 5.10 Å². The molecule has 156 valence electrons. The molecule has 0 aliphatic carbocycles. The third-order valence-corrected chi connectivity index (χ3v) is 7.61. The quantitative estimate of drug-likeness (QED) is 0.273. The van der Waals surface area contributed by atoms with Crippen LogP contribution >= 0.6 is 34.3 Å². The van der Waals surface area contributed by atoms with Crippen LogP contribution in [-0.4, -0.2) is 15.7 Å². The van der Waals surface area contributed by atoms with Crippen molar-refractivity contribution in [2.45, 2.75) is 12.5 Å². The van der Waals surface area contributed by atoms with E-state index >= 15 is 0 Å². The number of hydrogen-bond donors (Lipinski definition) is 0. The van der Waals surface area contributed by atoms with Crippen LogP contribution in [-0.2, 0) is 0 Å². The smallest absolute Gasteiger partial charge is 0.223 e. The van der Waals surface area contributed by atoms with Crippen molar-refractivity contribution in [1.29, 1.82) is 0 Å². The molecule has 0 amide bonds. The Hall–Kier alpha value is -3.06. The van der Waals surface area contributed by atoms with Crippen molar-refractivity contribution < 1.29 is 0 Å². The van der Waals surface area contributed by atoms with Gasteiger partial charge in [0.1, 0.15) is 0 Å². The molecule has 4 heterocycles. The minimum Gasteiger partial charge on any atom is -0.223 e. The lowest BCUT2D eigenvalue weighted by Crippen LogP contribution is -2.20. The van der Waals surface area contributed by atoms with Crippen LogP contribution in [0.4, 0.5) is 5.95 Å². The van der Waals surface area contributed by atoms with Gasteiger partial charge in [-0.05, 0) is 41.1 Å². The van der Waals surface area contributed by atoms with Crippen molar-refractivity contribution in [1.82, 2.24) is 9.97 Å². The summed E-state index contributed by atoms with van der Waals surface area (Å²) in [6.07, 6.45) is 0.823. The molecule has 0 N–H and O–H groups in total. The van der Waals surface area contributed by atoms with Crippen LogP contribution in [0.3, 0.4) is 0 Å². The number of rotatable bonds is 4. The van der Waals surface area contributed by atoms with E-state index in [9.17, 15) is 0 Å². The highest BCUT2D eigenvalue weighted by molar-refractivity contribution is 7.12. The third kappa shape index (κ3) is 3.50. The largest absolute Gasteiger partial charge is 0.247 e. The van der Waals surface area contributed by atoms with Crippen LogP contribution in [0.5, 0.6) is 0 Å². The number of nitrogens with zero attached hydrogens (tertiary/aromatic N) is 4. The van der Waals surface area contributed by atoms with Crippen molar-refractivity contribution in [2.75, 3.05) is 5.01 Å².